The maximum Gasteiger partial charge on any atom is 0.257 e. The molecular formula is C20H19N3O3S. The Morgan fingerprint density at radius 2 is 2.00 bits per heavy atom. The summed E-state index contributed by atoms with van der Waals surface area (Å²) in [6.45, 7) is 1.85. The van der Waals surface area contributed by atoms with Gasteiger partial charge in [-0.1, -0.05) is 12.1 Å². The molecule has 1 heterocycles. The first-order valence-electron chi connectivity index (χ1n) is 8.29. The van der Waals surface area contributed by atoms with Gasteiger partial charge in [0.25, 0.3) is 5.91 Å². The molecule has 7 heteroatoms. The Bertz CT molecular complexity index is 955. The molecule has 0 aliphatic carbocycles. The predicted molar refractivity (Wildman–Crippen MR) is 107 cm³/mol. The first-order valence-corrected chi connectivity index (χ1v) is 9.17. The fourth-order valence-corrected chi connectivity index (χ4v) is 3.09. The molecule has 6 nitrogen and oxygen atoms in total. The molecule has 0 fully saturated rings. The van der Waals surface area contributed by atoms with Crippen molar-refractivity contribution >= 4 is 34.0 Å². The Kier molecular flexibility index (Phi) is 5.83. The number of aromatic nitrogens is 1. The van der Waals surface area contributed by atoms with E-state index in [-0.39, 0.29) is 18.2 Å². The van der Waals surface area contributed by atoms with Gasteiger partial charge in [-0.25, -0.2) is 4.98 Å². The largest absolute Gasteiger partial charge is 0.497 e. The second-order valence-electron chi connectivity index (χ2n) is 5.90. The molecule has 2 aromatic carbocycles. The maximum atomic E-state index is 12.3. The average Bonchev–Trinajstić information content (AvgIpc) is 3.16. The van der Waals surface area contributed by atoms with Crippen LogP contribution in [0.25, 0.3) is 0 Å². The molecule has 0 saturated carbocycles. The highest BCUT2D eigenvalue weighted by molar-refractivity contribution is 7.13. The van der Waals surface area contributed by atoms with Crippen LogP contribution in [-0.2, 0) is 11.2 Å². The number of hydrogen-bond donors (Lipinski definition) is 2. The van der Waals surface area contributed by atoms with Crippen molar-refractivity contribution in [3.05, 3.63) is 70.7 Å². The number of anilines is 2. The van der Waals surface area contributed by atoms with Gasteiger partial charge in [0.15, 0.2) is 5.13 Å². The van der Waals surface area contributed by atoms with E-state index in [1.807, 2.05) is 31.2 Å². The average molecular weight is 381 g/mol. The van der Waals surface area contributed by atoms with Crippen molar-refractivity contribution < 1.29 is 14.3 Å². The highest BCUT2D eigenvalue weighted by atomic mass is 32.1. The van der Waals surface area contributed by atoms with Crippen molar-refractivity contribution in [1.29, 1.82) is 0 Å². The number of nitrogens with one attached hydrogen (secondary N) is 2. The van der Waals surface area contributed by atoms with E-state index in [9.17, 15) is 9.59 Å². The molecule has 1 aromatic heterocycles. The lowest BCUT2D eigenvalue weighted by atomic mass is 10.1. The number of methoxy groups -OCH3 is 1. The number of carbonyl (C=O) groups excluding carboxylic acids is 2. The van der Waals surface area contributed by atoms with Crippen LogP contribution in [0.3, 0.4) is 0 Å². The molecule has 27 heavy (non-hydrogen) atoms. The Labute approximate surface area is 161 Å². The fraction of sp³-hybridized carbons (Fsp3) is 0.150. The highest BCUT2D eigenvalue weighted by Crippen LogP contribution is 2.19. The lowest BCUT2D eigenvalue weighted by molar-refractivity contribution is -0.115. The third-order valence-corrected chi connectivity index (χ3v) is 4.60. The summed E-state index contributed by atoms with van der Waals surface area (Å²) in [5.41, 5.74) is 2.85. The van der Waals surface area contributed by atoms with Gasteiger partial charge < -0.3 is 10.1 Å². The number of carbonyl (C=O) groups is 2. The third kappa shape index (κ3) is 4.92. The molecule has 0 spiro atoms. The minimum Gasteiger partial charge on any atom is -0.497 e. The van der Waals surface area contributed by atoms with Crippen LogP contribution in [0, 0.1) is 6.92 Å². The van der Waals surface area contributed by atoms with Crippen LogP contribution in [-0.4, -0.2) is 23.9 Å². The summed E-state index contributed by atoms with van der Waals surface area (Å²) < 4.78 is 5.17. The standard InChI is InChI=1S/C20H19N3O3S/c1-13-10-15(19(25)23-20-21-8-9-27-20)6-7-17(13)22-18(24)12-14-4-3-5-16(11-14)26-2/h3-11H,12H2,1-2H3,(H,22,24)(H,21,23,25). The Morgan fingerprint density at radius 3 is 2.70 bits per heavy atom. The summed E-state index contributed by atoms with van der Waals surface area (Å²) in [6.07, 6.45) is 1.87. The topological polar surface area (TPSA) is 80.3 Å². The highest BCUT2D eigenvalue weighted by Gasteiger charge is 2.11. The zero-order valence-corrected chi connectivity index (χ0v) is 15.8. The molecule has 0 aliphatic rings. The fourth-order valence-electron chi connectivity index (χ4n) is 2.56. The van der Waals surface area contributed by atoms with E-state index in [0.717, 1.165) is 11.1 Å². The Balaban J connectivity index is 1.64. The number of nitrogens with zero attached hydrogens (tertiary/aromatic N) is 1. The minimum absolute atomic E-state index is 0.133. The van der Waals surface area contributed by atoms with Gasteiger partial charge in [-0.15, -0.1) is 11.3 Å². The molecule has 138 valence electrons. The van der Waals surface area contributed by atoms with E-state index >= 15 is 0 Å². The van der Waals surface area contributed by atoms with Gasteiger partial charge in [-0.3, -0.25) is 14.9 Å². The molecule has 3 rings (SSSR count). The second kappa shape index (κ2) is 8.46. The van der Waals surface area contributed by atoms with Crippen LogP contribution in [0.1, 0.15) is 21.5 Å². The zero-order valence-electron chi connectivity index (χ0n) is 15.0. The molecule has 0 atom stereocenters. The molecule has 0 unspecified atom stereocenters. The first-order chi connectivity index (χ1) is 13.0. The van der Waals surface area contributed by atoms with E-state index in [1.54, 1.807) is 36.9 Å². The predicted octanol–water partition coefficient (Wildman–Crippen LogP) is 3.89. The third-order valence-electron chi connectivity index (χ3n) is 3.91. The van der Waals surface area contributed by atoms with Gasteiger partial charge in [-0.2, -0.15) is 0 Å². The van der Waals surface area contributed by atoms with Gasteiger partial charge >= 0.3 is 0 Å². The number of ether oxygens (including phenoxy) is 1. The second-order valence-corrected chi connectivity index (χ2v) is 6.79. The minimum atomic E-state index is -0.234. The lowest BCUT2D eigenvalue weighted by Gasteiger charge is -2.11. The summed E-state index contributed by atoms with van der Waals surface area (Å²) in [6, 6.07) is 12.5. The molecule has 2 amide bonds. The normalized spacial score (nSPS) is 10.3. The summed E-state index contributed by atoms with van der Waals surface area (Å²) in [7, 11) is 1.59. The van der Waals surface area contributed by atoms with Crippen LogP contribution in [0.5, 0.6) is 5.75 Å². The van der Waals surface area contributed by atoms with Crippen LogP contribution >= 0.6 is 11.3 Å². The van der Waals surface area contributed by atoms with Gasteiger partial charge in [0, 0.05) is 22.8 Å². The number of hydrogen-bond acceptors (Lipinski definition) is 5. The summed E-state index contributed by atoms with van der Waals surface area (Å²) in [4.78, 5) is 28.6. The van der Waals surface area contributed by atoms with E-state index in [2.05, 4.69) is 15.6 Å². The summed E-state index contributed by atoms with van der Waals surface area (Å²) in [5, 5.41) is 7.97. The lowest BCUT2D eigenvalue weighted by Crippen LogP contribution is -2.16. The quantitative estimate of drug-likeness (QED) is 0.679. The number of benzene rings is 2. The Hall–Kier alpha value is -3.19. The maximum absolute atomic E-state index is 12.3. The Morgan fingerprint density at radius 1 is 1.15 bits per heavy atom. The van der Waals surface area contributed by atoms with Crippen LogP contribution in [0.4, 0.5) is 10.8 Å². The van der Waals surface area contributed by atoms with Crippen molar-refractivity contribution in [3.63, 3.8) is 0 Å². The molecule has 0 aliphatic heterocycles. The van der Waals surface area contributed by atoms with Gasteiger partial charge in [-0.05, 0) is 48.4 Å². The van der Waals surface area contributed by atoms with E-state index in [0.29, 0.717) is 22.1 Å². The molecule has 0 saturated heterocycles. The smallest absolute Gasteiger partial charge is 0.257 e. The van der Waals surface area contributed by atoms with Crippen LogP contribution in [0.2, 0.25) is 0 Å². The van der Waals surface area contributed by atoms with E-state index in [1.165, 1.54) is 11.3 Å². The molecule has 0 radical (unpaired) electrons. The van der Waals surface area contributed by atoms with Gasteiger partial charge in [0.1, 0.15) is 5.75 Å². The molecular weight excluding hydrogens is 362 g/mol. The van der Waals surface area contributed by atoms with E-state index in [4.69, 9.17) is 4.74 Å². The number of amides is 2. The van der Waals surface area contributed by atoms with Crippen molar-refractivity contribution in [2.24, 2.45) is 0 Å². The first kappa shape index (κ1) is 18.6. The van der Waals surface area contributed by atoms with Crippen LogP contribution in [0.15, 0.2) is 54.0 Å². The van der Waals surface area contributed by atoms with Crippen molar-refractivity contribution in [2.45, 2.75) is 13.3 Å². The number of rotatable bonds is 6. The van der Waals surface area contributed by atoms with Crippen molar-refractivity contribution in [3.8, 4) is 5.75 Å². The molecule has 3 aromatic rings. The molecule has 0 bridgehead atoms. The van der Waals surface area contributed by atoms with Crippen molar-refractivity contribution in [2.75, 3.05) is 17.7 Å². The van der Waals surface area contributed by atoms with E-state index < -0.39 is 0 Å². The molecule has 2 N–H and O–H groups in total. The SMILES string of the molecule is COc1cccc(CC(=O)Nc2ccc(C(=O)Nc3nccs3)cc2C)c1. The van der Waals surface area contributed by atoms with Crippen molar-refractivity contribution in [1.82, 2.24) is 4.98 Å². The summed E-state index contributed by atoms with van der Waals surface area (Å²) >= 11 is 1.36. The summed E-state index contributed by atoms with van der Waals surface area (Å²) in [5.74, 6) is 0.348. The van der Waals surface area contributed by atoms with Crippen LogP contribution < -0.4 is 15.4 Å². The zero-order chi connectivity index (χ0) is 19.2. The number of aryl methyl sites for hydroxylation is 1. The number of thiazole rings is 1. The monoisotopic (exact) mass is 381 g/mol. The van der Waals surface area contributed by atoms with Gasteiger partial charge in [0.05, 0.1) is 13.5 Å². The van der Waals surface area contributed by atoms with Gasteiger partial charge in [0.2, 0.25) is 5.91 Å².